The van der Waals surface area contributed by atoms with Gasteiger partial charge in [0.15, 0.2) is 15.6 Å². The van der Waals surface area contributed by atoms with Gasteiger partial charge in [0.2, 0.25) is 0 Å². The Kier molecular flexibility index (Phi) is 4.25. The van der Waals surface area contributed by atoms with E-state index in [-0.39, 0.29) is 29.2 Å². The van der Waals surface area contributed by atoms with E-state index >= 15 is 0 Å². The summed E-state index contributed by atoms with van der Waals surface area (Å²) in [5.41, 5.74) is 2.46. The van der Waals surface area contributed by atoms with E-state index in [1.54, 1.807) is 11.0 Å². The molecule has 0 bridgehead atoms. The summed E-state index contributed by atoms with van der Waals surface area (Å²) in [6, 6.07) is 5.47. The number of para-hydroxylation sites is 1. The van der Waals surface area contributed by atoms with Gasteiger partial charge in [-0.25, -0.2) is 8.42 Å². The van der Waals surface area contributed by atoms with Gasteiger partial charge in [-0.2, -0.15) is 0 Å². The summed E-state index contributed by atoms with van der Waals surface area (Å²) >= 11 is 0. The van der Waals surface area contributed by atoms with Gasteiger partial charge in [-0.1, -0.05) is 24.3 Å². The number of furan rings is 1. The largest absolute Gasteiger partial charge is 0.450 e. The smallest absolute Gasteiger partial charge is 0.290 e. The van der Waals surface area contributed by atoms with Gasteiger partial charge < -0.3 is 9.32 Å². The second-order valence-corrected chi connectivity index (χ2v) is 8.54. The van der Waals surface area contributed by atoms with Gasteiger partial charge in [-0.15, -0.1) is 6.58 Å². The van der Waals surface area contributed by atoms with E-state index in [0.29, 0.717) is 18.5 Å². The highest BCUT2D eigenvalue weighted by molar-refractivity contribution is 7.91. The van der Waals surface area contributed by atoms with Crippen molar-refractivity contribution in [2.24, 2.45) is 0 Å². The fourth-order valence-corrected chi connectivity index (χ4v) is 5.01. The molecule has 1 fully saturated rings. The average Bonchev–Trinajstić information content (AvgIpc) is 3.06. The van der Waals surface area contributed by atoms with Crippen LogP contribution in [-0.2, 0) is 9.84 Å². The van der Waals surface area contributed by atoms with E-state index in [1.807, 2.05) is 32.0 Å². The molecule has 0 saturated carbocycles. The second-order valence-electron chi connectivity index (χ2n) is 6.31. The third kappa shape index (κ3) is 2.86. The molecule has 24 heavy (non-hydrogen) atoms. The maximum Gasteiger partial charge on any atom is 0.290 e. The van der Waals surface area contributed by atoms with Gasteiger partial charge in [-0.05, 0) is 25.8 Å². The zero-order valence-corrected chi connectivity index (χ0v) is 14.7. The van der Waals surface area contributed by atoms with Gasteiger partial charge in [0.1, 0.15) is 5.58 Å². The molecule has 0 N–H and O–H groups in total. The molecule has 3 rings (SSSR count). The van der Waals surface area contributed by atoms with Gasteiger partial charge in [-0.3, -0.25) is 4.79 Å². The normalized spacial score (nSPS) is 19.5. The first-order chi connectivity index (χ1) is 11.3. The van der Waals surface area contributed by atoms with Gasteiger partial charge >= 0.3 is 0 Å². The molecular formula is C18H21NO4S. The van der Waals surface area contributed by atoms with Crippen LogP contribution in [0.3, 0.4) is 0 Å². The van der Waals surface area contributed by atoms with Crippen LogP contribution in [0.15, 0.2) is 35.3 Å². The van der Waals surface area contributed by atoms with Crippen LogP contribution in [0.5, 0.6) is 0 Å². The number of fused-ring (bicyclic) bond motifs is 1. The highest BCUT2D eigenvalue weighted by Crippen LogP contribution is 2.30. The number of aryl methyl sites for hydroxylation is 2. The molecule has 128 valence electrons. The lowest BCUT2D eigenvalue weighted by molar-refractivity contribution is 0.0689. The summed E-state index contributed by atoms with van der Waals surface area (Å²) in [7, 11) is -3.07. The standard InChI is InChI=1S/C18H21NO4S/c1-4-9-19(14-8-10-24(21,22)11-14)18(20)17-13(3)15-7-5-6-12(2)16(15)23-17/h4-7,14H,1,8-11H2,2-3H3. The van der Waals surface area contributed by atoms with Gasteiger partial charge in [0.25, 0.3) is 5.91 Å². The summed E-state index contributed by atoms with van der Waals surface area (Å²) < 4.78 is 29.4. The molecule has 6 heteroatoms. The predicted molar refractivity (Wildman–Crippen MR) is 94.0 cm³/mol. The van der Waals surface area contributed by atoms with E-state index < -0.39 is 9.84 Å². The van der Waals surface area contributed by atoms with Crippen LogP contribution < -0.4 is 0 Å². The summed E-state index contributed by atoms with van der Waals surface area (Å²) in [5.74, 6) is 0.136. The first-order valence-corrected chi connectivity index (χ1v) is 9.77. The van der Waals surface area contributed by atoms with E-state index in [1.165, 1.54) is 0 Å². The van der Waals surface area contributed by atoms with Crippen LogP contribution in [0.1, 0.15) is 28.1 Å². The van der Waals surface area contributed by atoms with Crippen LogP contribution in [0, 0.1) is 13.8 Å². The highest BCUT2D eigenvalue weighted by atomic mass is 32.2. The SMILES string of the molecule is C=CCN(C(=O)c1oc2c(C)cccc2c1C)C1CCS(=O)(=O)C1. The Morgan fingerprint density at radius 1 is 1.42 bits per heavy atom. The lowest BCUT2D eigenvalue weighted by Crippen LogP contribution is -2.41. The maximum atomic E-state index is 13.0. The number of sulfone groups is 1. The van der Waals surface area contributed by atoms with Gasteiger partial charge in [0, 0.05) is 23.5 Å². The summed E-state index contributed by atoms with van der Waals surface area (Å²) in [6.45, 7) is 7.78. The minimum absolute atomic E-state index is 0.00485. The molecule has 1 aliphatic heterocycles. The number of rotatable bonds is 4. The highest BCUT2D eigenvalue weighted by Gasteiger charge is 2.36. The molecule has 0 spiro atoms. The first-order valence-electron chi connectivity index (χ1n) is 7.95. The van der Waals surface area contributed by atoms with Crippen molar-refractivity contribution in [3.8, 4) is 0 Å². The number of hydrogen-bond acceptors (Lipinski definition) is 4. The number of hydrogen-bond donors (Lipinski definition) is 0. The van der Waals surface area contributed by atoms with E-state index in [2.05, 4.69) is 6.58 Å². The van der Waals surface area contributed by atoms with Crippen LogP contribution in [0.2, 0.25) is 0 Å². The van der Waals surface area contributed by atoms with E-state index in [4.69, 9.17) is 4.42 Å². The maximum absolute atomic E-state index is 13.0. The van der Waals surface area contributed by atoms with Crippen molar-refractivity contribution in [2.75, 3.05) is 18.1 Å². The second kappa shape index (κ2) is 6.09. The topological polar surface area (TPSA) is 67.6 Å². The van der Waals surface area contributed by atoms with Gasteiger partial charge in [0.05, 0.1) is 11.5 Å². The molecule has 2 aromatic rings. The van der Waals surface area contributed by atoms with Crippen molar-refractivity contribution in [1.82, 2.24) is 4.90 Å². The molecule has 1 aromatic carbocycles. The number of carbonyl (C=O) groups excluding carboxylic acids is 1. The monoisotopic (exact) mass is 347 g/mol. The fourth-order valence-electron chi connectivity index (χ4n) is 3.28. The molecule has 0 radical (unpaired) electrons. The van der Waals surface area contributed by atoms with Crippen molar-refractivity contribution >= 4 is 26.7 Å². The minimum atomic E-state index is -3.07. The minimum Gasteiger partial charge on any atom is -0.450 e. The number of nitrogens with zero attached hydrogens (tertiary/aromatic N) is 1. The van der Waals surface area contributed by atoms with Crippen LogP contribution >= 0.6 is 0 Å². The Hall–Kier alpha value is -2.08. The van der Waals surface area contributed by atoms with E-state index in [0.717, 1.165) is 16.5 Å². The van der Waals surface area contributed by atoms with Crippen molar-refractivity contribution < 1.29 is 17.6 Å². The quantitative estimate of drug-likeness (QED) is 0.798. The molecule has 1 aromatic heterocycles. The molecule has 1 unspecified atom stereocenters. The van der Waals surface area contributed by atoms with Crippen molar-refractivity contribution in [2.45, 2.75) is 26.3 Å². The third-order valence-electron chi connectivity index (χ3n) is 4.59. The Labute approximate surface area is 141 Å². The van der Waals surface area contributed by atoms with Crippen LogP contribution in [0.25, 0.3) is 11.0 Å². The first kappa shape index (κ1) is 16.8. The zero-order chi connectivity index (χ0) is 17.5. The molecule has 1 saturated heterocycles. The lowest BCUT2D eigenvalue weighted by Gasteiger charge is -2.26. The lowest BCUT2D eigenvalue weighted by atomic mass is 10.1. The van der Waals surface area contributed by atoms with Crippen molar-refractivity contribution in [3.63, 3.8) is 0 Å². The average molecular weight is 347 g/mol. The number of benzene rings is 1. The zero-order valence-electron chi connectivity index (χ0n) is 13.9. The predicted octanol–water partition coefficient (Wildman–Crippen LogP) is 2.86. The Morgan fingerprint density at radius 2 is 2.17 bits per heavy atom. The molecule has 2 heterocycles. The molecule has 1 amide bonds. The summed E-state index contributed by atoms with van der Waals surface area (Å²) in [6.07, 6.45) is 2.08. The van der Waals surface area contributed by atoms with Crippen LogP contribution in [-0.4, -0.2) is 43.3 Å². The molecule has 1 aliphatic rings. The van der Waals surface area contributed by atoms with Crippen LogP contribution in [0.4, 0.5) is 0 Å². The Bertz CT molecular complexity index is 910. The van der Waals surface area contributed by atoms with Crippen molar-refractivity contribution in [1.29, 1.82) is 0 Å². The Morgan fingerprint density at radius 3 is 2.75 bits per heavy atom. The molecular weight excluding hydrogens is 326 g/mol. The van der Waals surface area contributed by atoms with E-state index in [9.17, 15) is 13.2 Å². The Balaban J connectivity index is 2.01. The third-order valence-corrected chi connectivity index (χ3v) is 6.34. The number of amides is 1. The molecule has 0 aliphatic carbocycles. The molecule has 5 nitrogen and oxygen atoms in total. The summed E-state index contributed by atoms with van der Waals surface area (Å²) in [5, 5.41) is 0.913. The van der Waals surface area contributed by atoms with Crippen molar-refractivity contribution in [3.05, 3.63) is 47.7 Å². The molecule has 1 atom stereocenters. The number of carbonyl (C=O) groups is 1. The summed E-state index contributed by atoms with van der Waals surface area (Å²) in [4.78, 5) is 14.6. The fraction of sp³-hybridized carbons (Fsp3) is 0.389.